The van der Waals surface area contributed by atoms with Crippen molar-refractivity contribution >= 4 is 11.1 Å². The van der Waals surface area contributed by atoms with Gasteiger partial charge in [0, 0.05) is 12.5 Å². The third-order valence-electron chi connectivity index (χ3n) is 2.93. The van der Waals surface area contributed by atoms with Crippen LogP contribution in [0.3, 0.4) is 0 Å². The summed E-state index contributed by atoms with van der Waals surface area (Å²) in [7, 11) is 1.64. The van der Waals surface area contributed by atoms with E-state index in [0.717, 1.165) is 16.8 Å². The summed E-state index contributed by atoms with van der Waals surface area (Å²) in [5, 5.41) is 9.39. The monoisotopic (exact) mass is 255 g/mol. The second-order valence-corrected chi connectivity index (χ2v) is 4.28. The van der Waals surface area contributed by atoms with Crippen LogP contribution in [0.5, 0.6) is 11.5 Å². The highest BCUT2D eigenvalue weighted by molar-refractivity contribution is 5.74. The second kappa shape index (κ2) is 4.65. The number of methoxy groups -OCH3 is 1. The molecule has 2 aromatic carbocycles. The molecule has 19 heavy (non-hydrogen) atoms. The van der Waals surface area contributed by atoms with E-state index in [4.69, 9.17) is 9.15 Å². The molecule has 0 unspecified atom stereocenters. The average molecular weight is 255 g/mol. The number of nitrogens with zero attached hydrogens (tertiary/aromatic N) is 1. The number of ether oxygens (including phenoxy) is 1. The molecule has 0 bridgehead atoms. The Balaban J connectivity index is 1.87. The Labute approximate surface area is 110 Å². The molecule has 0 amide bonds. The zero-order chi connectivity index (χ0) is 13.2. The molecule has 0 spiro atoms. The van der Waals surface area contributed by atoms with Gasteiger partial charge in [-0.25, -0.2) is 4.98 Å². The first-order valence-electron chi connectivity index (χ1n) is 5.96. The smallest absolute Gasteiger partial charge is 0.199 e. The van der Waals surface area contributed by atoms with Crippen LogP contribution in [-0.4, -0.2) is 17.2 Å². The number of oxazole rings is 1. The lowest BCUT2D eigenvalue weighted by Crippen LogP contribution is -1.88. The van der Waals surface area contributed by atoms with Gasteiger partial charge >= 0.3 is 0 Å². The highest BCUT2D eigenvalue weighted by Gasteiger charge is 2.07. The van der Waals surface area contributed by atoms with E-state index in [1.807, 2.05) is 24.3 Å². The van der Waals surface area contributed by atoms with Crippen molar-refractivity contribution in [2.24, 2.45) is 0 Å². The van der Waals surface area contributed by atoms with Gasteiger partial charge in [-0.05, 0) is 29.8 Å². The van der Waals surface area contributed by atoms with Gasteiger partial charge < -0.3 is 14.3 Å². The minimum Gasteiger partial charge on any atom is -0.508 e. The lowest BCUT2D eigenvalue weighted by atomic mass is 10.1. The van der Waals surface area contributed by atoms with E-state index in [-0.39, 0.29) is 5.75 Å². The summed E-state index contributed by atoms with van der Waals surface area (Å²) in [6, 6.07) is 12.7. The van der Waals surface area contributed by atoms with Crippen molar-refractivity contribution < 1.29 is 14.3 Å². The zero-order valence-electron chi connectivity index (χ0n) is 10.5. The molecule has 4 heteroatoms. The van der Waals surface area contributed by atoms with Gasteiger partial charge in [0.25, 0.3) is 0 Å². The van der Waals surface area contributed by atoms with E-state index in [1.54, 1.807) is 25.3 Å². The van der Waals surface area contributed by atoms with Crippen LogP contribution in [0, 0.1) is 0 Å². The van der Waals surface area contributed by atoms with Crippen LogP contribution in [0.25, 0.3) is 11.1 Å². The summed E-state index contributed by atoms with van der Waals surface area (Å²) in [6.07, 6.45) is 0.611. The molecular weight excluding hydrogens is 242 g/mol. The van der Waals surface area contributed by atoms with E-state index in [2.05, 4.69) is 4.98 Å². The first-order valence-corrected chi connectivity index (χ1v) is 5.96. The number of hydrogen-bond acceptors (Lipinski definition) is 4. The molecule has 3 rings (SSSR count). The highest BCUT2D eigenvalue weighted by Crippen LogP contribution is 2.22. The van der Waals surface area contributed by atoms with Crippen LogP contribution >= 0.6 is 0 Å². The Morgan fingerprint density at radius 3 is 2.68 bits per heavy atom. The predicted octanol–water partition coefficient (Wildman–Crippen LogP) is 3.13. The SMILES string of the molecule is COc1ccc(Cc2nc3ccc(O)cc3o2)cc1. The summed E-state index contributed by atoms with van der Waals surface area (Å²) in [5.74, 6) is 1.64. The number of phenolic OH excluding ortho intramolecular Hbond substituents is 1. The van der Waals surface area contributed by atoms with Crippen molar-refractivity contribution in [3.63, 3.8) is 0 Å². The number of aromatic hydroxyl groups is 1. The fraction of sp³-hybridized carbons (Fsp3) is 0.133. The van der Waals surface area contributed by atoms with Crippen molar-refractivity contribution in [1.82, 2.24) is 4.98 Å². The van der Waals surface area contributed by atoms with E-state index >= 15 is 0 Å². The lowest BCUT2D eigenvalue weighted by molar-refractivity contribution is 0.414. The summed E-state index contributed by atoms with van der Waals surface area (Å²) >= 11 is 0. The maximum atomic E-state index is 9.39. The number of aromatic nitrogens is 1. The molecule has 1 N–H and O–H groups in total. The number of phenols is 1. The summed E-state index contributed by atoms with van der Waals surface area (Å²) in [6.45, 7) is 0. The Bertz CT molecular complexity index is 701. The van der Waals surface area contributed by atoms with Crippen molar-refractivity contribution in [2.45, 2.75) is 6.42 Å². The van der Waals surface area contributed by atoms with Gasteiger partial charge in [-0.1, -0.05) is 12.1 Å². The van der Waals surface area contributed by atoms with E-state index in [0.29, 0.717) is 17.9 Å². The second-order valence-electron chi connectivity index (χ2n) is 4.28. The maximum absolute atomic E-state index is 9.39. The molecular formula is C15H13NO3. The molecule has 0 saturated heterocycles. The topological polar surface area (TPSA) is 55.5 Å². The van der Waals surface area contributed by atoms with Gasteiger partial charge in [0.2, 0.25) is 0 Å². The summed E-state index contributed by atoms with van der Waals surface area (Å²) < 4.78 is 10.7. The average Bonchev–Trinajstić information content (AvgIpc) is 2.81. The molecule has 4 nitrogen and oxygen atoms in total. The Morgan fingerprint density at radius 1 is 1.16 bits per heavy atom. The molecule has 0 aliphatic rings. The van der Waals surface area contributed by atoms with Crippen LogP contribution in [0.4, 0.5) is 0 Å². The minimum absolute atomic E-state index is 0.180. The third kappa shape index (κ3) is 2.38. The van der Waals surface area contributed by atoms with Crippen LogP contribution in [0.1, 0.15) is 11.5 Å². The van der Waals surface area contributed by atoms with Gasteiger partial charge in [-0.3, -0.25) is 0 Å². The fourth-order valence-corrected chi connectivity index (χ4v) is 1.95. The number of fused-ring (bicyclic) bond motifs is 1. The molecule has 1 heterocycles. The summed E-state index contributed by atoms with van der Waals surface area (Å²) in [5.41, 5.74) is 2.45. The van der Waals surface area contributed by atoms with Gasteiger partial charge in [-0.2, -0.15) is 0 Å². The zero-order valence-corrected chi connectivity index (χ0v) is 10.5. The fourth-order valence-electron chi connectivity index (χ4n) is 1.95. The van der Waals surface area contributed by atoms with Crippen LogP contribution in [0.15, 0.2) is 46.9 Å². The highest BCUT2D eigenvalue weighted by atomic mass is 16.5. The van der Waals surface area contributed by atoms with E-state index < -0.39 is 0 Å². The Hall–Kier alpha value is -2.49. The van der Waals surface area contributed by atoms with Crippen molar-refractivity contribution in [1.29, 1.82) is 0 Å². The molecule has 0 saturated carbocycles. The van der Waals surface area contributed by atoms with Gasteiger partial charge in [-0.15, -0.1) is 0 Å². The number of hydrogen-bond donors (Lipinski definition) is 1. The molecule has 0 aliphatic carbocycles. The first kappa shape index (κ1) is 11.6. The summed E-state index contributed by atoms with van der Waals surface area (Å²) in [4.78, 5) is 4.38. The molecule has 3 aromatic rings. The molecule has 0 radical (unpaired) electrons. The van der Waals surface area contributed by atoms with Crippen LogP contribution < -0.4 is 4.74 Å². The van der Waals surface area contributed by atoms with Crippen molar-refractivity contribution in [3.05, 3.63) is 53.9 Å². The number of rotatable bonds is 3. The molecule has 0 aliphatic heterocycles. The minimum atomic E-state index is 0.180. The predicted molar refractivity (Wildman–Crippen MR) is 71.5 cm³/mol. The maximum Gasteiger partial charge on any atom is 0.199 e. The lowest BCUT2D eigenvalue weighted by Gasteiger charge is -2.00. The third-order valence-corrected chi connectivity index (χ3v) is 2.93. The van der Waals surface area contributed by atoms with E-state index in [1.165, 1.54) is 0 Å². The van der Waals surface area contributed by atoms with Crippen molar-refractivity contribution in [3.8, 4) is 11.5 Å². The molecule has 1 aromatic heterocycles. The molecule has 0 atom stereocenters. The Kier molecular flexibility index (Phi) is 2.83. The van der Waals surface area contributed by atoms with Gasteiger partial charge in [0.05, 0.1) is 7.11 Å². The quantitative estimate of drug-likeness (QED) is 0.781. The largest absolute Gasteiger partial charge is 0.508 e. The van der Waals surface area contributed by atoms with E-state index in [9.17, 15) is 5.11 Å². The Morgan fingerprint density at radius 2 is 1.95 bits per heavy atom. The van der Waals surface area contributed by atoms with Gasteiger partial charge in [0.15, 0.2) is 11.5 Å². The normalized spacial score (nSPS) is 10.8. The number of benzene rings is 2. The molecule has 96 valence electrons. The van der Waals surface area contributed by atoms with Gasteiger partial charge in [0.1, 0.15) is 17.0 Å². The van der Waals surface area contributed by atoms with Crippen molar-refractivity contribution in [2.75, 3.05) is 7.11 Å². The molecule has 0 fully saturated rings. The van der Waals surface area contributed by atoms with Crippen LogP contribution in [0.2, 0.25) is 0 Å². The standard InChI is InChI=1S/C15H13NO3/c1-18-12-5-2-10(3-6-12)8-15-16-13-7-4-11(17)9-14(13)19-15/h2-7,9,17H,8H2,1H3. The first-order chi connectivity index (χ1) is 9.24. The van der Waals surface area contributed by atoms with Crippen LogP contribution in [-0.2, 0) is 6.42 Å².